The quantitative estimate of drug-likeness (QED) is 0.824. The van der Waals surface area contributed by atoms with Crippen molar-refractivity contribution in [1.82, 2.24) is 0 Å². The van der Waals surface area contributed by atoms with Gasteiger partial charge in [0.1, 0.15) is 0 Å². The molecule has 0 aromatic heterocycles. The van der Waals surface area contributed by atoms with E-state index in [0.717, 1.165) is 18.6 Å². The number of rotatable bonds is 2. The van der Waals surface area contributed by atoms with Crippen LogP contribution in [0.5, 0.6) is 0 Å². The van der Waals surface area contributed by atoms with Crippen molar-refractivity contribution in [2.45, 2.75) is 18.6 Å². The molecule has 2 rings (SSSR count). The van der Waals surface area contributed by atoms with Crippen LogP contribution in [0, 0.1) is 17.5 Å². The number of hydrogen-bond acceptors (Lipinski definition) is 3. The SMILES string of the molecule is CCC1CN=C(Nc2cc(F)c(F)c(F)c2)S1. The van der Waals surface area contributed by atoms with E-state index in [-0.39, 0.29) is 5.69 Å². The minimum Gasteiger partial charge on any atom is -0.335 e. The summed E-state index contributed by atoms with van der Waals surface area (Å²) in [5, 5.41) is 3.79. The van der Waals surface area contributed by atoms with E-state index in [4.69, 9.17) is 0 Å². The summed E-state index contributed by atoms with van der Waals surface area (Å²) in [4.78, 5) is 4.19. The van der Waals surface area contributed by atoms with Crippen molar-refractivity contribution < 1.29 is 13.2 Å². The van der Waals surface area contributed by atoms with Gasteiger partial charge in [-0.25, -0.2) is 13.2 Å². The number of nitrogens with zero attached hydrogens (tertiary/aromatic N) is 1. The van der Waals surface area contributed by atoms with Crippen LogP contribution < -0.4 is 5.32 Å². The second-order valence-electron chi connectivity index (χ2n) is 3.67. The maximum absolute atomic E-state index is 13.0. The van der Waals surface area contributed by atoms with E-state index in [1.54, 1.807) is 0 Å². The number of benzene rings is 1. The van der Waals surface area contributed by atoms with Gasteiger partial charge in [-0.3, -0.25) is 4.99 Å². The van der Waals surface area contributed by atoms with Gasteiger partial charge in [0.2, 0.25) is 0 Å². The minimum atomic E-state index is -1.46. The fraction of sp³-hybridized carbons (Fsp3) is 0.364. The summed E-state index contributed by atoms with van der Waals surface area (Å²) in [6.45, 7) is 2.74. The van der Waals surface area contributed by atoms with Crippen molar-refractivity contribution in [1.29, 1.82) is 0 Å². The van der Waals surface area contributed by atoms with Gasteiger partial charge < -0.3 is 5.32 Å². The number of amidine groups is 1. The number of halogens is 3. The van der Waals surface area contributed by atoms with E-state index in [9.17, 15) is 13.2 Å². The predicted octanol–water partition coefficient (Wildman–Crippen LogP) is 3.40. The Morgan fingerprint density at radius 2 is 2.00 bits per heavy atom. The molecule has 0 fully saturated rings. The van der Waals surface area contributed by atoms with Crippen LogP contribution in [-0.2, 0) is 0 Å². The Kier molecular flexibility index (Phi) is 3.61. The molecule has 0 saturated heterocycles. The summed E-state index contributed by atoms with van der Waals surface area (Å²) < 4.78 is 38.6. The maximum atomic E-state index is 13.0. The van der Waals surface area contributed by atoms with E-state index in [1.807, 2.05) is 6.92 Å². The first-order valence-corrected chi connectivity index (χ1v) is 6.10. The van der Waals surface area contributed by atoms with Crippen molar-refractivity contribution in [2.24, 2.45) is 4.99 Å². The highest BCUT2D eigenvalue weighted by molar-refractivity contribution is 8.15. The Balaban J connectivity index is 2.10. The summed E-state index contributed by atoms with van der Waals surface area (Å²) in [6, 6.07) is 1.83. The molecule has 1 aliphatic heterocycles. The Morgan fingerprint density at radius 3 is 2.53 bits per heavy atom. The largest absolute Gasteiger partial charge is 0.335 e. The summed E-state index contributed by atoms with van der Waals surface area (Å²) in [6.07, 6.45) is 0.978. The number of thioether (sulfide) groups is 1. The first-order chi connectivity index (χ1) is 8.10. The van der Waals surface area contributed by atoms with Crippen molar-refractivity contribution in [3.63, 3.8) is 0 Å². The lowest BCUT2D eigenvalue weighted by atomic mass is 10.3. The number of hydrogen-bond donors (Lipinski definition) is 1. The Hall–Kier alpha value is -1.17. The molecular weight excluding hydrogens is 249 g/mol. The summed E-state index contributed by atoms with van der Waals surface area (Å²) in [7, 11) is 0. The van der Waals surface area contributed by atoms with Crippen molar-refractivity contribution in [3.8, 4) is 0 Å². The average molecular weight is 260 g/mol. The first-order valence-electron chi connectivity index (χ1n) is 5.22. The zero-order valence-electron chi connectivity index (χ0n) is 9.14. The Labute approximate surface area is 101 Å². The lowest BCUT2D eigenvalue weighted by Gasteiger charge is -2.07. The lowest BCUT2D eigenvalue weighted by molar-refractivity contribution is 0.448. The molecule has 1 N–H and O–H groups in total. The van der Waals surface area contributed by atoms with Crippen LogP contribution >= 0.6 is 11.8 Å². The number of anilines is 1. The van der Waals surface area contributed by atoms with E-state index >= 15 is 0 Å². The van der Waals surface area contributed by atoms with Crippen LogP contribution in [0.4, 0.5) is 18.9 Å². The van der Waals surface area contributed by atoms with E-state index in [0.29, 0.717) is 17.0 Å². The van der Waals surface area contributed by atoms with Crippen LogP contribution in [0.1, 0.15) is 13.3 Å². The van der Waals surface area contributed by atoms with Crippen LogP contribution in [-0.4, -0.2) is 17.0 Å². The molecule has 0 spiro atoms. The molecule has 1 heterocycles. The zero-order valence-corrected chi connectivity index (χ0v) is 9.95. The molecule has 1 aliphatic rings. The van der Waals surface area contributed by atoms with Gasteiger partial charge in [-0.05, 0) is 6.42 Å². The molecular formula is C11H11F3N2S. The lowest BCUT2D eigenvalue weighted by Crippen LogP contribution is -2.08. The molecule has 0 aliphatic carbocycles. The molecule has 0 saturated carbocycles. The van der Waals surface area contributed by atoms with Crippen LogP contribution in [0.3, 0.4) is 0 Å². The van der Waals surface area contributed by atoms with Gasteiger partial charge in [-0.1, -0.05) is 18.7 Å². The molecule has 1 unspecified atom stereocenters. The first kappa shape index (κ1) is 12.3. The summed E-state index contributed by atoms with van der Waals surface area (Å²) in [5.74, 6) is -3.87. The second kappa shape index (κ2) is 5.00. The topological polar surface area (TPSA) is 24.4 Å². The monoisotopic (exact) mass is 260 g/mol. The molecule has 1 atom stereocenters. The highest BCUT2D eigenvalue weighted by atomic mass is 32.2. The van der Waals surface area contributed by atoms with Crippen LogP contribution in [0.15, 0.2) is 17.1 Å². The van der Waals surface area contributed by atoms with E-state index in [1.165, 1.54) is 11.8 Å². The normalized spacial score (nSPS) is 19.3. The van der Waals surface area contributed by atoms with Crippen LogP contribution in [0.25, 0.3) is 0 Å². The molecule has 0 radical (unpaired) electrons. The summed E-state index contributed by atoms with van der Waals surface area (Å²) >= 11 is 1.52. The molecule has 2 nitrogen and oxygen atoms in total. The fourth-order valence-electron chi connectivity index (χ4n) is 1.45. The molecule has 1 aromatic carbocycles. The van der Waals surface area contributed by atoms with E-state index < -0.39 is 17.5 Å². The van der Waals surface area contributed by atoms with E-state index in [2.05, 4.69) is 10.3 Å². The standard InChI is InChI=1S/C11H11F3N2S/c1-2-7-5-15-11(17-7)16-6-3-8(12)10(14)9(13)4-6/h3-4,7H,2,5H2,1H3,(H,15,16). The van der Waals surface area contributed by atoms with Crippen molar-refractivity contribution in [3.05, 3.63) is 29.6 Å². The number of aliphatic imine (C=N–C) groups is 1. The highest BCUT2D eigenvalue weighted by Crippen LogP contribution is 2.25. The number of nitrogens with one attached hydrogen (secondary N) is 1. The van der Waals surface area contributed by atoms with Gasteiger partial charge in [-0.2, -0.15) is 0 Å². The van der Waals surface area contributed by atoms with Gasteiger partial charge in [0.25, 0.3) is 0 Å². The van der Waals surface area contributed by atoms with Gasteiger partial charge in [0.15, 0.2) is 22.6 Å². The van der Waals surface area contributed by atoms with Gasteiger partial charge in [0.05, 0.1) is 6.54 Å². The van der Waals surface area contributed by atoms with Crippen LogP contribution in [0.2, 0.25) is 0 Å². The Bertz CT molecular complexity index is 439. The second-order valence-corrected chi connectivity index (χ2v) is 4.96. The van der Waals surface area contributed by atoms with Crippen molar-refractivity contribution in [2.75, 3.05) is 11.9 Å². The van der Waals surface area contributed by atoms with Gasteiger partial charge in [0, 0.05) is 23.1 Å². The minimum absolute atomic E-state index is 0.171. The molecule has 17 heavy (non-hydrogen) atoms. The average Bonchev–Trinajstić information content (AvgIpc) is 2.73. The third-order valence-corrected chi connectivity index (χ3v) is 3.68. The van der Waals surface area contributed by atoms with Crippen molar-refractivity contribution >= 4 is 22.6 Å². The third-order valence-electron chi connectivity index (χ3n) is 2.41. The molecule has 6 heteroatoms. The smallest absolute Gasteiger partial charge is 0.194 e. The highest BCUT2D eigenvalue weighted by Gasteiger charge is 2.18. The Morgan fingerprint density at radius 1 is 1.35 bits per heavy atom. The van der Waals surface area contributed by atoms with Gasteiger partial charge in [-0.15, -0.1) is 0 Å². The fourth-order valence-corrected chi connectivity index (χ4v) is 2.41. The molecule has 0 amide bonds. The molecule has 92 valence electrons. The van der Waals surface area contributed by atoms with Gasteiger partial charge >= 0.3 is 0 Å². The predicted molar refractivity (Wildman–Crippen MR) is 63.9 cm³/mol. The molecule has 0 bridgehead atoms. The summed E-state index contributed by atoms with van der Waals surface area (Å²) in [5.41, 5.74) is 0.171. The molecule has 1 aromatic rings. The maximum Gasteiger partial charge on any atom is 0.194 e. The zero-order chi connectivity index (χ0) is 12.4. The third kappa shape index (κ3) is 2.74.